The molecule has 4 nitrogen and oxygen atoms in total. The molecule has 1 aliphatic heterocycles. The summed E-state index contributed by atoms with van der Waals surface area (Å²) >= 11 is 0. The Hall–Kier alpha value is -1.29. The van der Waals surface area contributed by atoms with E-state index in [9.17, 15) is 4.79 Å². The Morgan fingerprint density at radius 3 is 3.07 bits per heavy atom. The fourth-order valence-electron chi connectivity index (χ4n) is 1.78. The molecule has 1 aliphatic rings. The average Bonchev–Trinajstić information content (AvgIpc) is 2.56. The molecule has 0 radical (unpaired) electrons. The first-order valence-electron chi connectivity index (χ1n) is 4.77. The highest BCUT2D eigenvalue weighted by Crippen LogP contribution is 2.25. The van der Waals surface area contributed by atoms with Crippen molar-refractivity contribution in [1.29, 1.82) is 0 Å². The molecule has 0 aliphatic carbocycles. The Bertz CT molecular complexity index is 346. The van der Waals surface area contributed by atoms with Gasteiger partial charge in [0, 0.05) is 12.5 Å². The first kappa shape index (κ1) is 9.27. The molecular formula is C10H14N2O2. The van der Waals surface area contributed by atoms with Crippen molar-refractivity contribution < 1.29 is 9.21 Å². The van der Waals surface area contributed by atoms with Crippen LogP contribution in [-0.4, -0.2) is 11.9 Å². The van der Waals surface area contributed by atoms with Crippen molar-refractivity contribution in [3.63, 3.8) is 0 Å². The number of hydrogen-bond donors (Lipinski definition) is 2. The van der Waals surface area contributed by atoms with E-state index in [1.807, 2.05) is 13.0 Å². The zero-order valence-corrected chi connectivity index (χ0v) is 8.12. The summed E-state index contributed by atoms with van der Waals surface area (Å²) in [6, 6.07) is 1.67. The van der Waals surface area contributed by atoms with Crippen LogP contribution in [-0.2, 0) is 4.79 Å². The number of aryl methyl sites for hydroxylation is 1. The lowest BCUT2D eigenvalue weighted by atomic mass is 9.95. The molecule has 2 rings (SSSR count). The summed E-state index contributed by atoms with van der Waals surface area (Å²) in [6.45, 7) is 1.95. The summed E-state index contributed by atoms with van der Waals surface area (Å²) in [5.41, 5.74) is 6.96. The Kier molecular flexibility index (Phi) is 2.29. The van der Waals surface area contributed by atoms with Crippen molar-refractivity contribution in [2.45, 2.75) is 31.8 Å². The van der Waals surface area contributed by atoms with Crippen LogP contribution in [0.5, 0.6) is 0 Å². The minimum absolute atomic E-state index is 0.0439. The molecule has 1 saturated heterocycles. The van der Waals surface area contributed by atoms with Crippen LogP contribution in [0.25, 0.3) is 0 Å². The minimum Gasteiger partial charge on any atom is -0.467 e. The highest BCUT2D eigenvalue weighted by atomic mass is 16.3. The topological polar surface area (TPSA) is 68.3 Å². The lowest BCUT2D eigenvalue weighted by Crippen LogP contribution is -2.45. The Labute approximate surface area is 82.5 Å². The molecule has 1 aromatic rings. The van der Waals surface area contributed by atoms with E-state index in [-0.39, 0.29) is 18.0 Å². The summed E-state index contributed by atoms with van der Waals surface area (Å²) in [5, 5.41) is 2.85. The monoisotopic (exact) mass is 194 g/mol. The van der Waals surface area contributed by atoms with Crippen molar-refractivity contribution in [2.75, 3.05) is 0 Å². The largest absolute Gasteiger partial charge is 0.467 e. The van der Waals surface area contributed by atoms with Crippen molar-refractivity contribution in [3.8, 4) is 0 Å². The number of amides is 1. The van der Waals surface area contributed by atoms with Gasteiger partial charge in [-0.05, 0) is 25.0 Å². The molecule has 14 heavy (non-hydrogen) atoms. The molecule has 2 heterocycles. The van der Waals surface area contributed by atoms with Gasteiger partial charge >= 0.3 is 0 Å². The van der Waals surface area contributed by atoms with Gasteiger partial charge in [-0.25, -0.2) is 0 Å². The van der Waals surface area contributed by atoms with Crippen LogP contribution in [0.15, 0.2) is 16.7 Å². The number of rotatable bonds is 1. The van der Waals surface area contributed by atoms with Crippen molar-refractivity contribution >= 4 is 5.91 Å². The number of hydrogen-bond acceptors (Lipinski definition) is 3. The van der Waals surface area contributed by atoms with E-state index in [4.69, 9.17) is 10.2 Å². The zero-order valence-electron chi connectivity index (χ0n) is 8.12. The highest BCUT2D eigenvalue weighted by molar-refractivity contribution is 5.77. The summed E-state index contributed by atoms with van der Waals surface area (Å²) in [5.74, 6) is 0.832. The molecule has 2 atom stereocenters. The standard InChI is InChI=1S/C10H14N2O2/c1-6-4-5-14-10(6)9-7(11)2-3-8(13)12-9/h4-5,7,9H,2-3,11H2,1H3,(H,12,13). The molecule has 1 aromatic heterocycles. The Balaban J connectivity index is 2.24. The van der Waals surface area contributed by atoms with Crippen LogP contribution in [0.2, 0.25) is 0 Å². The summed E-state index contributed by atoms with van der Waals surface area (Å²) < 4.78 is 5.33. The van der Waals surface area contributed by atoms with Gasteiger partial charge in [0.25, 0.3) is 0 Å². The lowest BCUT2D eigenvalue weighted by Gasteiger charge is -2.28. The number of furan rings is 1. The molecule has 0 saturated carbocycles. The number of carbonyl (C=O) groups excluding carboxylic acids is 1. The molecule has 76 valence electrons. The smallest absolute Gasteiger partial charge is 0.220 e. The van der Waals surface area contributed by atoms with Gasteiger partial charge in [-0.1, -0.05) is 0 Å². The molecule has 4 heteroatoms. The van der Waals surface area contributed by atoms with Crippen LogP contribution in [0.4, 0.5) is 0 Å². The first-order valence-corrected chi connectivity index (χ1v) is 4.77. The van der Waals surface area contributed by atoms with Gasteiger partial charge in [0.1, 0.15) is 11.8 Å². The van der Waals surface area contributed by atoms with Crippen LogP contribution in [0, 0.1) is 6.92 Å². The minimum atomic E-state index is -0.161. The van der Waals surface area contributed by atoms with Gasteiger partial charge in [-0.15, -0.1) is 0 Å². The molecule has 0 aromatic carbocycles. The van der Waals surface area contributed by atoms with E-state index in [0.717, 1.165) is 17.7 Å². The lowest BCUT2D eigenvalue weighted by molar-refractivity contribution is -0.123. The Morgan fingerprint density at radius 2 is 2.43 bits per heavy atom. The highest BCUT2D eigenvalue weighted by Gasteiger charge is 2.30. The van der Waals surface area contributed by atoms with Crippen molar-refractivity contribution in [2.24, 2.45) is 5.73 Å². The van der Waals surface area contributed by atoms with E-state index in [1.165, 1.54) is 0 Å². The van der Waals surface area contributed by atoms with Gasteiger partial charge in [0.2, 0.25) is 5.91 Å². The molecular weight excluding hydrogens is 180 g/mol. The van der Waals surface area contributed by atoms with E-state index in [1.54, 1.807) is 6.26 Å². The normalized spacial score (nSPS) is 27.4. The van der Waals surface area contributed by atoms with E-state index >= 15 is 0 Å². The maximum absolute atomic E-state index is 11.2. The van der Waals surface area contributed by atoms with Crippen molar-refractivity contribution in [1.82, 2.24) is 5.32 Å². The number of nitrogens with two attached hydrogens (primary N) is 1. The maximum atomic E-state index is 11.2. The molecule has 3 N–H and O–H groups in total. The second kappa shape index (κ2) is 3.46. The third-order valence-corrected chi connectivity index (χ3v) is 2.63. The van der Waals surface area contributed by atoms with Gasteiger partial charge in [-0.3, -0.25) is 4.79 Å². The van der Waals surface area contributed by atoms with Crippen LogP contribution >= 0.6 is 0 Å². The fourth-order valence-corrected chi connectivity index (χ4v) is 1.78. The Morgan fingerprint density at radius 1 is 1.64 bits per heavy atom. The van der Waals surface area contributed by atoms with Gasteiger partial charge in [0.05, 0.1) is 6.26 Å². The van der Waals surface area contributed by atoms with Gasteiger partial charge < -0.3 is 15.5 Å². The maximum Gasteiger partial charge on any atom is 0.220 e. The second-order valence-corrected chi connectivity index (χ2v) is 3.72. The molecule has 1 amide bonds. The zero-order chi connectivity index (χ0) is 10.1. The van der Waals surface area contributed by atoms with Crippen LogP contribution in [0.1, 0.15) is 30.2 Å². The van der Waals surface area contributed by atoms with E-state index < -0.39 is 0 Å². The number of piperidine rings is 1. The molecule has 0 bridgehead atoms. The quantitative estimate of drug-likeness (QED) is 0.697. The van der Waals surface area contributed by atoms with E-state index in [0.29, 0.717) is 6.42 Å². The predicted molar refractivity (Wildman–Crippen MR) is 51.5 cm³/mol. The molecule has 1 fully saturated rings. The van der Waals surface area contributed by atoms with Gasteiger partial charge in [-0.2, -0.15) is 0 Å². The number of nitrogens with one attached hydrogen (secondary N) is 1. The summed E-state index contributed by atoms with van der Waals surface area (Å²) in [6.07, 6.45) is 2.85. The van der Waals surface area contributed by atoms with E-state index in [2.05, 4.69) is 5.32 Å². The first-order chi connectivity index (χ1) is 6.68. The predicted octanol–water partition coefficient (Wildman–Crippen LogP) is 0.866. The second-order valence-electron chi connectivity index (χ2n) is 3.72. The van der Waals surface area contributed by atoms with Gasteiger partial charge in [0.15, 0.2) is 0 Å². The third-order valence-electron chi connectivity index (χ3n) is 2.63. The van der Waals surface area contributed by atoms with Crippen molar-refractivity contribution in [3.05, 3.63) is 23.7 Å². The van der Waals surface area contributed by atoms with Crippen LogP contribution in [0.3, 0.4) is 0 Å². The molecule has 0 spiro atoms. The number of carbonyl (C=O) groups is 1. The van der Waals surface area contributed by atoms with Crippen LogP contribution < -0.4 is 11.1 Å². The summed E-state index contributed by atoms with van der Waals surface area (Å²) in [4.78, 5) is 11.2. The third kappa shape index (κ3) is 1.53. The molecule has 2 unspecified atom stereocenters. The SMILES string of the molecule is Cc1ccoc1C1NC(=O)CCC1N. The average molecular weight is 194 g/mol. The summed E-state index contributed by atoms with van der Waals surface area (Å²) in [7, 11) is 0. The fraction of sp³-hybridized carbons (Fsp3) is 0.500.